The number of esters is 2. The molecule has 1 atom stereocenters. The molecule has 0 aromatic heterocycles. The van der Waals surface area contributed by atoms with Crippen LogP contribution in [0.4, 0.5) is 11.4 Å². The molecule has 1 aliphatic rings. The van der Waals surface area contributed by atoms with Gasteiger partial charge in [-0.3, -0.25) is 14.8 Å². The standard InChI is InChI=1S/C20H18N2O4/c1-3-26-20(24)16-12-21-17-7-5-4-6-15(17)18(16)22-14-10-8-13(9-11-14)19(23)25-2/h4-12,16H,3H2,1-2H3. The zero-order chi connectivity index (χ0) is 18.5. The van der Waals surface area contributed by atoms with Gasteiger partial charge in [-0.25, -0.2) is 4.79 Å². The molecule has 2 aromatic carbocycles. The lowest BCUT2D eigenvalue weighted by molar-refractivity contribution is -0.143. The maximum absolute atomic E-state index is 12.3. The summed E-state index contributed by atoms with van der Waals surface area (Å²) in [5, 5.41) is 0. The smallest absolute Gasteiger partial charge is 0.337 e. The first-order chi connectivity index (χ1) is 12.6. The van der Waals surface area contributed by atoms with Crippen molar-refractivity contribution in [3.63, 3.8) is 0 Å². The molecule has 0 radical (unpaired) electrons. The van der Waals surface area contributed by atoms with Crippen LogP contribution in [0, 0.1) is 5.92 Å². The van der Waals surface area contributed by atoms with Crippen LogP contribution < -0.4 is 0 Å². The molecule has 1 heterocycles. The van der Waals surface area contributed by atoms with E-state index in [0.29, 0.717) is 17.0 Å². The SMILES string of the molecule is CCOC(=O)C1C=Nc2ccccc2C1=Nc1ccc(C(=O)OC)cc1. The van der Waals surface area contributed by atoms with Crippen molar-refractivity contribution >= 4 is 35.2 Å². The summed E-state index contributed by atoms with van der Waals surface area (Å²) in [5.41, 5.74) is 3.15. The molecule has 0 amide bonds. The summed E-state index contributed by atoms with van der Waals surface area (Å²) in [4.78, 5) is 32.9. The minimum Gasteiger partial charge on any atom is -0.465 e. The number of hydrogen-bond acceptors (Lipinski definition) is 6. The van der Waals surface area contributed by atoms with E-state index in [4.69, 9.17) is 9.47 Å². The lowest BCUT2D eigenvalue weighted by Crippen LogP contribution is -2.30. The van der Waals surface area contributed by atoms with Crippen molar-refractivity contribution < 1.29 is 19.1 Å². The molecule has 0 spiro atoms. The van der Waals surface area contributed by atoms with Gasteiger partial charge in [0, 0.05) is 11.8 Å². The van der Waals surface area contributed by atoms with Crippen LogP contribution in [0.5, 0.6) is 0 Å². The van der Waals surface area contributed by atoms with E-state index >= 15 is 0 Å². The number of fused-ring (bicyclic) bond motifs is 1. The second kappa shape index (κ2) is 7.74. The normalized spacial score (nSPS) is 16.8. The Morgan fingerprint density at radius 2 is 1.85 bits per heavy atom. The molecule has 26 heavy (non-hydrogen) atoms. The molecule has 0 aliphatic carbocycles. The number of carbonyl (C=O) groups is 2. The third kappa shape index (κ3) is 3.54. The zero-order valence-corrected chi connectivity index (χ0v) is 14.5. The summed E-state index contributed by atoms with van der Waals surface area (Å²) in [7, 11) is 1.33. The van der Waals surface area contributed by atoms with Crippen LogP contribution in [0.1, 0.15) is 22.8 Å². The summed E-state index contributed by atoms with van der Waals surface area (Å²) in [6.07, 6.45) is 1.56. The van der Waals surface area contributed by atoms with Crippen molar-refractivity contribution in [1.29, 1.82) is 0 Å². The summed E-state index contributed by atoms with van der Waals surface area (Å²) >= 11 is 0. The van der Waals surface area contributed by atoms with Crippen LogP contribution in [0.15, 0.2) is 58.5 Å². The largest absolute Gasteiger partial charge is 0.465 e. The minimum absolute atomic E-state index is 0.284. The van der Waals surface area contributed by atoms with Gasteiger partial charge >= 0.3 is 11.9 Å². The second-order valence-corrected chi connectivity index (χ2v) is 5.56. The molecule has 0 N–H and O–H groups in total. The molecule has 6 heteroatoms. The lowest BCUT2D eigenvalue weighted by Gasteiger charge is -2.20. The lowest BCUT2D eigenvalue weighted by atomic mass is 9.93. The number of benzene rings is 2. The first-order valence-corrected chi connectivity index (χ1v) is 8.21. The summed E-state index contributed by atoms with van der Waals surface area (Å²) in [5.74, 6) is -1.48. The summed E-state index contributed by atoms with van der Waals surface area (Å²) in [6.45, 7) is 2.04. The van der Waals surface area contributed by atoms with Crippen molar-refractivity contribution in [1.82, 2.24) is 0 Å². The number of nitrogens with zero attached hydrogens (tertiary/aromatic N) is 2. The highest BCUT2D eigenvalue weighted by molar-refractivity contribution is 6.25. The quantitative estimate of drug-likeness (QED) is 0.791. The fraction of sp³-hybridized carbons (Fsp3) is 0.200. The predicted octanol–water partition coefficient (Wildman–Crippen LogP) is 3.49. The van der Waals surface area contributed by atoms with Gasteiger partial charge in [0.2, 0.25) is 0 Å². The Labute approximate surface area is 151 Å². The monoisotopic (exact) mass is 350 g/mol. The number of rotatable bonds is 4. The molecule has 1 aliphatic heterocycles. The van der Waals surface area contributed by atoms with Crippen molar-refractivity contribution in [3.05, 3.63) is 59.7 Å². The van der Waals surface area contributed by atoms with E-state index in [0.717, 1.165) is 11.3 Å². The van der Waals surface area contributed by atoms with Crippen LogP contribution in [0.25, 0.3) is 0 Å². The van der Waals surface area contributed by atoms with E-state index in [-0.39, 0.29) is 6.61 Å². The van der Waals surface area contributed by atoms with E-state index in [1.54, 1.807) is 37.4 Å². The fourth-order valence-electron chi connectivity index (χ4n) is 2.66. The Morgan fingerprint density at radius 3 is 2.54 bits per heavy atom. The van der Waals surface area contributed by atoms with Crippen LogP contribution in [0.3, 0.4) is 0 Å². The Bertz CT molecular complexity index is 885. The number of aliphatic imine (C=N–C) groups is 2. The van der Waals surface area contributed by atoms with E-state index in [1.165, 1.54) is 7.11 Å². The molecule has 6 nitrogen and oxygen atoms in total. The molecule has 132 valence electrons. The predicted molar refractivity (Wildman–Crippen MR) is 98.7 cm³/mol. The number of hydrogen-bond donors (Lipinski definition) is 0. The molecule has 1 unspecified atom stereocenters. The van der Waals surface area contributed by atoms with Gasteiger partial charge < -0.3 is 9.47 Å². The highest BCUT2D eigenvalue weighted by Crippen LogP contribution is 2.29. The number of methoxy groups -OCH3 is 1. The molecular formula is C20H18N2O4. The Morgan fingerprint density at radius 1 is 1.12 bits per heavy atom. The number of ether oxygens (including phenoxy) is 2. The second-order valence-electron chi connectivity index (χ2n) is 5.56. The van der Waals surface area contributed by atoms with Crippen LogP contribution >= 0.6 is 0 Å². The average molecular weight is 350 g/mol. The van der Waals surface area contributed by atoms with E-state index in [9.17, 15) is 9.59 Å². The molecule has 3 rings (SSSR count). The third-order valence-corrected chi connectivity index (χ3v) is 3.92. The van der Waals surface area contributed by atoms with Gasteiger partial charge in [0.05, 0.1) is 36.4 Å². The van der Waals surface area contributed by atoms with Crippen molar-refractivity contribution in [2.24, 2.45) is 15.9 Å². The highest BCUT2D eigenvalue weighted by Gasteiger charge is 2.29. The van der Waals surface area contributed by atoms with Crippen LogP contribution in [0.2, 0.25) is 0 Å². The van der Waals surface area contributed by atoms with E-state index < -0.39 is 17.9 Å². The van der Waals surface area contributed by atoms with Gasteiger partial charge in [-0.2, -0.15) is 0 Å². The molecule has 2 aromatic rings. The maximum Gasteiger partial charge on any atom is 0.337 e. The summed E-state index contributed by atoms with van der Waals surface area (Å²) in [6, 6.07) is 14.2. The Kier molecular flexibility index (Phi) is 5.22. The van der Waals surface area contributed by atoms with Crippen LogP contribution in [-0.2, 0) is 14.3 Å². The third-order valence-electron chi connectivity index (χ3n) is 3.92. The number of para-hydroxylation sites is 1. The van der Waals surface area contributed by atoms with Crippen molar-refractivity contribution in [3.8, 4) is 0 Å². The molecule has 0 saturated carbocycles. The van der Waals surface area contributed by atoms with Gasteiger partial charge in [-0.05, 0) is 37.3 Å². The molecular weight excluding hydrogens is 332 g/mol. The molecule has 0 fully saturated rings. The average Bonchev–Trinajstić information content (AvgIpc) is 2.68. The topological polar surface area (TPSA) is 77.3 Å². The van der Waals surface area contributed by atoms with Gasteiger partial charge in [0.25, 0.3) is 0 Å². The van der Waals surface area contributed by atoms with E-state index in [2.05, 4.69) is 9.98 Å². The highest BCUT2D eigenvalue weighted by atomic mass is 16.5. The van der Waals surface area contributed by atoms with Gasteiger partial charge in [-0.1, -0.05) is 18.2 Å². The first kappa shape index (κ1) is 17.5. The molecule has 0 bridgehead atoms. The Balaban J connectivity index is 2.02. The first-order valence-electron chi connectivity index (χ1n) is 8.21. The zero-order valence-electron chi connectivity index (χ0n) is 14.5. The Hall–Kier alpha value is -3.28. The summed E-state index contributed by atoms with van der Waals surface area (Å²) < 4.78 is 9.85. The van der Waals surface area contributed by atoms with Gasteiger partial charge in [0.1, 0.15) is 5.92 Å². The van der Waals surface area contributed by atoms with Gasteiger partial charge in [-0.15, -0.1) is 0 Å². The fourth-order valence-corrected chi connectivity index (χ4v) is 2.66. The van der Waals surface area contributed by atoms with Crippen molar-refractivity contribution in [2.45, 2.75) is 6.92 Å². The van der Waals surface area contributed by atoms with Crippen molar-refractivity contribution in [2.75, 3.05) is 13.7 Å². The maximum atomic E-state index is 12.3. The van der Waals surface area contributed by atoms with Gasteiger partial charge in [0.15, 0.2) is 0 Å². The van der Waals surface area contributed by atoms with Crippen LogP contribution in [-0.4, -0.2) is 37.6 Å². The van der Waals surface area contributed by atoms with E-state index in [1.807, 2.05) is 24.3 Å². The molecule has 0 saturated heterocycles. The minimum atomic E-state index is -0.676. The number of carbonyl (C=O) groups excluding carboxylic acids is 2.